The van der Waals surface area contributed by atoms with Crippen molar-refractivity contribution in [3.63, 3.8) is 0 Å². The number of benzene rings is 4. The molecule has 438 valence electrons. The highest BCUT2D eigenvalue weighted by molar-refractivity contribution is 6.09. The summed E-state index contributed by atoms with van der Waals surface area (Å²) in [4.78, 5) is 0. The zero-order valence-electron chi connectivity index (χ0n) is 51.6. The van der Waals surface area contributed by atoms with Gasteiger partial charge in [0.25, 0.3) is 0 Å². The van der Waals surface area contributed by atoms with Crippen molar-refractivity contribution in [1.82, 2.24) is 4.57 Å². The maximum atomic E-state index is 6.52. The van der Waals surface area contributed by atoms with Gasteiger partial charge in [0.2, 0.25) is 0 Å². The van der Waals surface area contributed by atoms with Crippen LogP contribution in [-0.2, 0) is 6.54 Å². The van der Waals surface area contributed by atoms with Crippen molar-refractivity contribution in [3.8, 4) is 71.4 Å². The number of hydrogen-bond donors (Lipinski definition) is 0. The molecule has 5 heteroatoms. The van der Waals surface area contributed by atoms with Gasteiger partial charge in [0, 0.05) is 63.7 Å². The fourth-order valence-corrected chi connectivity index (χ4v) is 10.8. The third kappa shape index (κ3) is 24.2. The van der Waals surface area contributed by atoms with Crippen molar-refractivity contribution in [2.45, 2.75) is 259 Å². The van der Waals surface area contributed by atoms with Crippen molar-refractivity contribution in [1.29, 1.82) is 0 Å². The fourth-order valence-electron chi connectivity index (χ4n) is 10.8. The van der Waals surface area contributed by atoms with Gasteiger partial charge in [0.1, 0.15) is 23.0 Å². The molecule has 81 heavy (non-hydrogen) atoms. The van der Waals surface area contributed by atoms with Crippen LogP contribution in [0.5, 0.6) is 23.0 Å². The topological polar surface area (TPSA) is 41.9 Å². The first kappa shape index (κ1) is 65.9. The summed E-state index contributed by atoms with van der Waals surface area (Å²) in [6.45, 7) is 14.8. The van der Waals surface area contributed by atoms with E-state index in [1.165, 1.54) is 165 Å². The largest absolute Gasteiger partial charge is 0.492 e. The van der Waals surface area contributed by atoms with Crippen molar-refractivity contribution in [3.05, 3.63) is 94.0 Å². The summed E-state index contributed by atoms with van der Waals surface area (Å²) in [5, 5.41) is 2.31. The van der Waals surface area contributed by atoms with Gasteiger partial charge in [-0.1, -0.05) is 256 Å². The van der Waals surface area contributed by atoms with Gasteiger partial charge >= 0.3 is 0 Å². The Labute approximate surface area is 494 Å². The van der Waals surface area contributed by atoms with Gasteiger partial charge in [-0.15, -0.1) is 12.8 Å². The number of ether oxygens (including phenoxy) is 4. The smallest absolute Gasteiger partial charge is 0.136 e. The first-order valence-electron chi connectivity index (χ1n) is 32.9. The molecule has 0 aliphatic carbocycles. The molecule has 0 N–H and O–H groups in total. The first-order valence-corrected chi connectivity index (χ1v) is 32.9. The monoisotopic (exact) mass is 1100 g/mol. The molecular weight excluding hydrogens is 991 g/mol. The fraction of sp³-hybridized carbons (Fsp3) is 0.579. The van der Waals surface area contributed by atoms with Crippen molar-refractivity contribution in [2.24, 2.45) is 0 Å². The molecule has 5 rings (SSSR count). The second-order valence-electron chi connectivity index (χ2n) is 22.7. The number of rotatable bonds is 43. The van der Waals surface area contributed by atoms with E-state index >= 15 is 0 Å². The van der Waals surface area contributed by atoms with Gasteiger partial charge in [-0.25, -0.2) is 0 Å². The van der Waals surface area contributed by atoms with Gasteiger partial charge in [-0.2, -0.15) is 0 Å². The normalized spacial score (nSPS) is 11.0. The van der Waals surface area contributed by atoms with E-state index in [2.05, 4.69) is 111 Å². The SMILES string of the molecule is C#Cc1cc(OCCCCCCCCCC)c(C#Cc2ccc3c(c2)c2cc(C#Cc4cc(OCCCCCCCCCC)c(C#C)cc4OCCCCCCCCCC)ccc2n3CCCC)cc1OCCCCCCCCCC. The summed E-state index contributed by atoms with van der Waals surface area (Å²) in [7, 11) is 0. The Balaban J connectivity index is 1.43. The molecule has 0 amide bonds. The van der Waals surface area contributed by atoms with Crippen LogP contribution in [0.4, 0.5) is 0 Å². The van der Waals surface area contributed by atoms with E-state index < -0.39 is 0 Å². The van der Waals surface area contributed by atoms with Crippen LogP contribution in [0.1, 0.15) is 286 Å². The number of aromatic nitrogens is 1. The number of nitrogens with zero attached hydrogens (tertiary/aromatic N) is 1. The summed E-state index contributed by atoms with van der Waals surface area (Å²) in [5.74, 6) is 22.8. The highest BCUT2D eigenvalue weighted by Crippen LogP contribution is 2.34. The minimum atomic E-state index is 0.624. The molecule has 4 aromatic carbocycles. The molecule has 5 aromatic rings. The summed E-state index contributed by atoms with van der Waals surface area (Å²) < 4.78 is 28.4. The Bertz CT molecular complexity index is 2590. The number of terminal acetylenes is 2. The van der Waals surface area contributed by atoms with Crippen LogP contribution >= 0.6 is 0 Å². The van der Waals surface area contributed by atoms with Gasteiger partial charge in [0.05, 0.1) is 48.7 Å². The number of fused-ring (bicyclic) bond motifs is 3. The molecule has 0 radical (unpaired) electrons. The number of unbranched alkanes of at least 4 members (excludes halogenated alkanes) is 29. The number of aryl methyl sites for hydroxylation is 1. The minimum Gasteiger partial charge on any atom is -0.492 e. The van der Waals surface area contributed by atoms with Gasteiger partial charge in [-0.3, -0.25) is 0 Å². The predicted octanol–water partition coefficient (Wildman–Crippen LogP) is 21.4. The third-order valence-electron chi connectivity index (χ3n) is 15.8. The molecule has 0 aliphatic rings. The Morgan fingerprint density at radius 3 is 0.877 bits per heavy atom. The van der Waals surface area contributed by atoms with E-state index in [4.69, 9.17) is 31.8 Å². The molecule has 0 bridgehead atoms. The zero-order valence-corrected chi connectivity index (χ0v) is 51.6. The van der Waals surface area contributed by atoms with E-state index in [0.29, 0.717) is 49.1 Å². The average molecular weight is 1100 g/mol. The van der Waals surface area contributed by atoms with Gasteiger partial charge in [-0.05, 0) is 68.5 Å². The quantitative estimate of drug-likeness (QED) is 0.0288. The second-order valence-corrected chi connectivity index (χ2v) is 22.7. The molecule has 0 saturated heterocycles. The summed E-state index contributed by atoms with van der Waals surface area (Å²) >= 11 is 0. The summed E-state index contributed by atoms with van der Waals surface area (Å²) in [6.07, 6.45) is 54.2. The van der Waals surface area contributed by atoms with Crippen LogP contribution in [0.15, 0.2) is 60.7 Å². The summed E-state index contributed by atoms with van der Waals surface area (Å²) in [5.41, 5.74) is 7.24. The van der Waals surface area contributed by atoms with Crippen LogP contribution in [0, 0.1) is 48.4 Å². The molecular formula is C76H105NO4. The maximum absolute atomic E-state index is 6.52. The Hall–Kier alpha value is -5.88. The van der Waals surface area contributed by atoms with Crippen LogP contribution in [0.3, 0.4) is 0 Å². The molecule has 5 nitrogen and oxygen atoms in total. The number of hydrogen-bond acceptors (Lipinski definition) is 4. The van der Waals surface area contributed by atoms with Crippen molar-refractivity contribution in [2.75, 3.05) is 26.4 Å². The van der Waals surface area contributed by atoms with E-state index in [-0.39, 0.29) is 0 Å². The van der Waals surface area contributed by atoms with E-state index in [9.17, 15) is 0 Å². The molecule has 1 heterocycles. The van der Waals surface area contributed by atoms with Crippen LogP contribution in [0.25, 0.3) is 21.8 Å². The van der Waals surface area contributed by atoms with Crippen molar-refractivity contribution < 1.29 is 18.9 Å². The molecule has 0 atom stereocenters. The second kappa shape index (κ2) is 41.2. The van der Waals surface area contributed by atoms with Gasteiger partial charge in [0.15, 0.2) is 0 Å². The molecule has 0 saturated carbocycles. The van der Waals surface area contributed by atoms with E-state index in [1.54, 1.807) is 0 Å². The maximum Gasteiger partial charge on any atom is 0.136 e. The molecule has 1 aromatic heterocycles. The molecule has 0 unspecified atom stereocenters. The minimum absolute atomic E-state index is 0.624. The highest BCUT2D eigenvalue weighted by atomic mass is 16.5. The van der Waals surface area contributed by atoms with Crippen molar-refractivity contribution >= 4 is 21.8 Å². The third-order valence-corrected chi connectivity index (χ3v) is 15.8. The Morgan fingerprint density at radius 2 is 0.580 bits per heavy atom. The lowest BCUT2D eigenvalue weighted by Gasteiger charge is -2.14. The highest BCUT2D eigenvalue weighted by Gasteiger charge is 2.15. The standard InChI is InChI=1S/C76H105NO4/c1-8-15-20-24-28-32-36-40-53-78-73-61-67(75(59-65(73)13-6)80-55-42-38-34-30-26-22-17-10-3)48-44-63-46-50-71-69(57-63)70-58-64(47-51-72(70)77(71)52-19-12-5)45-49-68-62-74(79-54-41-37-33-29-25-21-16-9-2)66(14-7)60-76(68)81-56-43-39-35-31-27-23-18-11-4/h6-7,46-47,50-51,57-62H,8-12,15-43,52-56H2,1-5H3. The Kier molecular flexibility index (Phi) is 33.5. The van der Waals surface area contributed by atoms with Crippen LogP contribution < -0.4 is 18.9 Å². The van der Waals surface area contributed by atoms with Crippen LogP contribution in [-0.4, -0.2) is 31.0 Å². The van der Waals surface area contributed by atoms with Gasteiger partial charge < -0.3 is 23.5 Å². The predicted molar refractivity (Wildman–Crippen MR) is 347 cm³/mol. The lowest BCUT2D eigenvalue weighted by atomic mass is 10.1. The average Bonchev–Trinajstić information content (AvgIpc) is 3.78. The Morgan fingerprint density at radius 1 is 0.309 bits per heavy atom. The summed E-state index contributed by atoms with van der Waals surface area (Å²) in [6, 6.07) is 21.2. The lowest BCUT2D eigenvalue weighted by molar-refractivity contribution is 0.295. The first-order chi connectivity index (χ1) is 40.0. The molecule has 0 fully saturated rings. The van der Waals surface area contributed by atoms with E-state index in [0.717, 1.165) is 115 Å². The van der Waals surface area contributed by atoms with Crippen LogP contribution in [0.2, 0.25) is 0 Å². The lowest BCUT2D eigenvalue weighted by Crippen LogP contribution is -2.03. The molecule has 0 spiro atoms. The zero-order chi connectivity index (χ0) is 57.4. The molecule has 0 aliphatic heterocycles. The van der Waals surface area contributed by atoms with E-state index in [1.807, 2.05) is 24.3 Å².